The zero-order chi connectivity index (χ0) is 13.1. The topological polar surface area (TPSA) is 77.2 Å². The van der Waals surface area contributed by atoms with Crippen LogP contribution in [0.4, 0.5) is 5.69 Å². The Morgan fingerprint density at radius 3 is 2.94 bits per heavy atom. The smallest absolute Gasteiger partial charge is 0.254 e. The number of primary amides is 1. The molecule has 3 N–H and O–H groups in total. The minimum absolute atomic E-state index is 0.267. The van der Waals surface area contributed by atoms with Gasteiger partial charge in [0.1, 0.15) is 5.56 Å². The monoisotopic (exact) mass is 249 g/mol. The van der Waals surface area contributed by atoms with Gasteiger partial charge in [0.2, 0.25) is 5.88 Å². The summed E-state index contributed by atoms with van der Waals surface area (Å²) in [4.78, 5) is 15.4. The molecule has 1 aromatic heterocycles. The van der Waals surface area contributed by atoms with Gasteiger partial charge in [-0.3, -0.25) is 4.79 Å². The van der Waals surface area contributed by atoms with E-state index >= 15 is 0 Å². The van der Waals surface area contributed by atoms with Gasteiger partial charge in [0.15, 0.2) is 0 Å². The van der Waals surface area contributed by atoms with E-state index in [-0.39, 0.29) is 5.88 Å². The number of rotatable bonds is 6. The van der Waals surface area contributed by atoms with Crippen LogP contribution in [-0.4, -0.2) is 24.0 Å². The average Bonchev–Trinajstić information content (AvgIpc) is 3.12. The number of pyridine rings is 1. The molecule has 2 rings (SSSR count). The number of amides is 1. The Hall–Kier alpha value is -1.78. The summed E-state index contributed by atoms with van der Waals surface area (Å²) in [5.41, 5.74) is 6.40. The number of nitrogens with two attached hydrogens (primary N) is 1. The molecule has 1 atom stereocenters. The first-order valence-electron chi connectivity index (χ1n) is 6.20. The number of anilines is 1. The number of methoxy groups -OCH3 is 1. The van der Waals surface area contributed by atoms with E-state index in [0.29, 0.717) is 11.6 Å². The summed E-state index contributed by atoms with van der Waals surface area (Å²) < 4.78 is 5.00. The predicted molar refractivity (Wildman–Crippen MR) is 69.7 cm³/mol. The summed E-state index contributed by atoms with van der Waals surface area (Å²) in [5.74, 6) is 0.593. The van der Waals surface area contributed by atoms with Crippen LogP contribution in [0.5, 0.6) is 5.88 Å². The summed E-state index contributed by atoms with van der Waals surface area (Å²) in [6.07, 6.45) is 5.48. The van der Waals surface area contributed by atoms with Crippen LogP contribution in [0.1, 0.15) is 36.5 Å². The maximum Gasteiger partial charge on any atom is 0.254 e. The molecule has 98 valence electrons. The van der Waals surface area contributed by atoms with Crippen LogP contribution in [-0.2, 0) is 0 Å². The van der Waals surface area contributed by atoms with Gasteiger partial charge in [-0.05, 0) is 25.3 Å². The molecule has 0 aromatic carbocycles. The van der Waals surface area contributed by atoms with Crippen LogP contribution in [0.15, 0.2) is 12.3 Å². The average molecular weight is 249 g/mol. The number of carbonyl (C=O) groups excluding carboxylic acids is 1. The summed E-state index contributed by atoms with van der Waals surface area (Å²) >= 11 is 0. The van der Waals surface area contributed by atoms with Crippen molar-refractivity contribution in [2.24, 2.45) is 11.7 Å². The van der Waals surface area contributed by atoms with Crippen molar-refractivity contribution in [3.05, 3.63) is 17.8 Å². The number of hydrogen-bond acceptors (Lipinski definition) is 4. The van der Waals surface area contributed by atoms with Gasteiger partial charge in [-0.2, -0.15) is 0 Å². The molecule has 1 aliphatic carbocycles. The van der Waals surface area contributed by atoms with E-state index in [1.54, 1.807) is 12.3 Å². The quantitative estimate of drug-likeness (QED) is 0.805. The molecular formula is C13H19N3O2. The summed E-state index contributed by atoms with van der Waals surface area (Å²) in [5, 5.41) is 3.33. The van der Waals surface area contributed by atoms with E-state index in [1.165, 1.54) is 20.0 Å². The van der Waals surface area contributed by atoms with E-state index in [2.05, 4.69) is 17.2 Å². The molecule has 0 saturated heterocycles. The minimum Gasteiger partial charge on any atom is -0.480 e. The number of ether oxygens (including phenoxy) is 1. The van der Waals surface area contributed by atoms with Crippen LogP contribution in [0.2, 0.25) is 0 Å². The maximum absolute atomic E-state index is 11.3. The molecule has 0 radical (unpaired) electrons. The van der Waals surface area contributed by atoms with Gasteiger partial charge in [0, 0.05) is 6.04 Å². The molecule has 0 unspecified atom stereocenters. The molecule has 0 spiro atoms. The zero-order valence-electron chi connectivity index (χ0n) is 10.8. The molecule has 1 heterocycles. The SMILES string of the molecule is COc1ncc(N[C@@H](C)CC2CC2)cc1C(N)=O. The first-order valence-corrected chi connectivity index (χ1v) is 6.20. The molecule has 1 fully saturated rings. The van der Waals surface area contributed by atoms with E-state index in [0.717, 1.165) is 18.0 Å². The van der Waals surface area contributed by atoms with Crippen molar-refractivity contribution in [1.29, 1.82) is 0 Å². The largest absolute Gasteiger partial charge is 0.480 e. The highest BCUT2D eigenvalue weighted by Crippen LogP contribution is 2.34. The summed E-state index contributed by atoms with van der Waals surface area (Å²) in [6, 6.07) is 2.06. The fraction of sp³-hybridized carbons (Fsp3) is 0.538. The van der Waals surface area contributed by atoms with Crippen LogP contribution in [0, 0.1) is 5.92 Å². The van der Waals surface area contributed by atoms with Crippen LogP contribution < -0.4 is 15.8 Å². The third-order valence-electron chi connectivity index (χ3n) is 3.11. The van der Waals surface area contributed by atoms with Gasteiger partial charge in [-0.1, -0.05) is 12.8 Å². The fourth-order valence-electron chi connectivity index (χ4n) is 2.07. The lowest BCUT2D eigenvalue weighted by molar-refractivity contribution is 0.0996. The van der Waals surface area contributed by atoms with Crippen molar-refractivity contribution in [3.8, 4) is 5.88 Å². The number of nitrogens with one attached hydrogen (secondary N) is 1. The van der Waals surface area contributed by atoms with Gasteiger partial charge >= 0.3 is 0 Å². The Bertz CT molecular complexity index is 444. The zero-order valence-corrected chi connectivity index (χ0v) is 10.8. The second-order valence-corrected chi connectivity index (χ2v) is 4.87. The van der Waals surface area contributed by atoms with Crippen LogP contribution >= 0.6 is 0 Å². The lowest BCUT2D eigenvalue weighted by Gasteiger charge is -2.15. The van der Waals surface area contributed by atoms with Crippen molar-refractivity contribution < 1.29 is 9.53 Å². The summed E-state index contributed by atoms with van der Waals surface area (Å²) in [6.45, 7) is 2.13. The molecule has 18 heavy (non-hydrogen) atoms. The van der Waals surface area contributed by atoms with E-state index in [1.807, 2.05) is 0 Å². The molecule has 1 saturated carbocycles. The van der Waals surface area contributed by atoms with Crippen LogP contribution in [0.3, 0.4) is 0 Å². The third-order valence-corrected chi connectivity index (χ3v) is 3.11. The van der Waals surface area contributed by atoms with Crippen molar-refractivity contribution >= 4 is 11.6 Å². The Balaban J connectivity index is 2.07. The second kappa shape index (κ2) is 5.25. The van der Waals surface area contributed by atoms with Gasteiger partial charge in [-0.25, -0.2) is 4.98 Å². The fourth-order valence-corrected chi connectivity index (χ4v) is 2.07. The first-order chi connectivity index (χ1) is 8.60. The van der Waals surface area contributed by atoms with Crippen molar-refractivity contribution in [3.63, 3.8) is 0 Å². The molecule has 5 heteroatoms. The van der Waals surface area contributed by atoms with E-state index in [4.69, 9.17) is 10.5 Å². The highest BCUT2D eigenvalue weighted by atomic mass is 16.5. The van der Waals surface area contributed by atoms with Crippen molar-refractivity contribution in [1.82, 2.24) is 4.98 Å². The van der Waals surface area contributed by atoms with Gasteiger partial charge in [0.25, 0.3) is 5.91 Å². The predicted octanol–water partition coefficient (Wildman–Crippen LogP) is 1.79. The lowest BCUT2D eigenvalue weighted by atomic mass is 10.1. The van der Waals surface area contributed by atoms with Gasteiger partial charge in [-0.15, -0.1) is 0 Å². The summed E-state index contributed by atoms with van der Waals surface area (Å²) in [7, 11) is 1.47. The number of hydrogen-bond donors (Lipinski definition) is 2. The first kappa shape index (κ1) is 12.7. The molecule has 1 aliphatic rings. The van der Waals surface area contributed by atoms with E-state index in [9.17, 15) is 4.79 Å². The van der Waals surface area contributed by atoms with Crippen LogP contribution in [0.25, 0.3) is 0 Å². The van der Waals surface area contributed by atoms with Crippen molar-refractivity contribution in [2.75, 3.05) is 12.4 Å². The van der Waals surface area contributed by atoms with Gasteiger partial charge in [0.05, 0.1) is 19.0 Å². The minimum atomic E-state index is -0.530. The van der Waals surface area contributed by atoms with E-state index < -0.39 is 5.91 Å². The Kier molecular flexibility index (Phi) is 3.69. The molecule has 1 amide bonds. The van der Waals surface area contributed by atoms with Crippen molar-refractivity contribution in [2.45, 2.75) is 32.2 Å². The lowest BCUT2D eigenvalue weighted by Crippen LogP contribution is -2.18. The Morgan fingerprint density at radius 2 is 2.39 bits per heavy atom. The number of nitrogens with zero attached hydrogens (tertiary/aromatic N) is 1. The molecular weight excluding hydrogens is 230 g/mol. The number of carbonyl (C=O) groups is 1. The molecule has 1 aromatic rings. The third kappa shape index (κ3) is 3.12. The highest BCUT2D eigenvalue weighted by molar-refractivity contribution is 5.95. The highest BCUT2D eigenvalue weighted by Gasteiger charge is 2.23. The standard InChI is InChI=1S/C13H19N3O2/c1-8(5-9-3-4-9)16-10-6-11(12(14)17)13(18-2)15-7-10/h6-9,16H,3-5H2,1-2H3,(H2,14,17)/t8-/m0/s1. The molecule has 5 nitrogen and oxygen atoms in total. The Morgan fingerprint density at radius 1 is 1.67 bits per heavy atom. The van der Waals surface area contributed by atoms with Gasteiger partial charge < -0.3 is 15.8 Å². The number of aromatic nitrogens is 1. The Labute approximate surface area is 107 Å². The normalized spacial score (nSPS) is 16.1. The molecule has 0 aliphatic heterocycles. The second-order valence-electron chi connectivity index (χ2n) is 4.87. The maximum atomic E-state index is 11.3. The molecule has 0 bridgehead atoms.